The quantitative estimate of drug-likeness (QED) is 0.748. The van der Waals surface area contributed by atoms with Crippen LogP contribution in [0.2, 0.25) is 0 Å². The largest absolute Gasteiger partial charge is 0.494 e. The lowest BCUT2D eigenvalue weighted by Crippen LogP contribution is -2.40. The van der Waals surface area contributed by atoms with Gasteiger partial charge < -0.3 is 14.7 Å². The number of para-hydroxylation sites is 1. The van der Waals surface area contributed by atoms with Gasteiger partial charge in [0, 0.05) is 25.9 Å². The molecule has 126 valence electrons. The summed E-state index contributed by atoms with van der Waals surface area (Å²) >= 11 is 0. The smallest absolute Gasteiger partial charge is 0.303 e. The molecule has 1 aliphatic heterocycles. The molecule has 2 rings (SSSR count). The Hall–Kier alpha value is -2.04. The zero-order chi connectivity index (χ0) is 16.5. The molecule has 5 heteroatoms. The third-order valence-electron chi connectivity index (χ3n) is 4.19. The number of carboxylic acids is 1. The lowest BCUT2D eigenvalue weighted by atomic mass is 9.93. The Balaban J connectivity index is 1.65. The first-order valence-electron chi connectivity index (χ1n) is 8.32. The Morgan fingerprint density at radius 2 is 2.00 bits per heavy atom. The van der Waals surface area contributed by atoms with Crippen molar-refractivity contribution in [3.05, 3.63) is 30.3 Å². The number of amides is 1. The zero-order valence-electron chi connectivity index (χ0n) is 13.4. The minimum Gasteiger partial charge on any atom is -0.494 e. The van der Waals surface area contributed by atoms with Gasteiger partial charge in [-0.25, -0.2) is 0 Å². The van der Waals surface area contributed by atoms with Gasteiger partial charge in [0.1, 0.15) is 5.75 Å². The highest BCUT2D eigenvalue weighted by Gasteiger charge is 2.23. The first-order valence-corrected chi connectivity index (χ1v) is 8.32. The number of carbonyl (C=O) groups excluding carboxylic acids is 1. The van der Waals surface area contributed by atoms with Gasteiger partial charge in [-0.3, -0.25) is 9.59 Å². The van der Waals surface area contributed by atoms with E-state index in [0.29, 0.717) is 38.3 Å². The van der Waals surface area contributed by atoms with Crippen LogP contribution in [0.4, 0.5) is 0 Å². The standard InChI is InChI=1S/C18H25NO4/c20-17(9-5-13-23-16-7-2-1-3-8-16)19-12-4-6-15(14-19)10-11-18(21)22/h1-3,7-8,15H,4-6,9-14H2,(H,21,22). The van der Waals surface area contributed by atoms with Gasteiger partial charge in [-0.2, -0.15) is 0 Å². The number of hydrogen-bond acceptors (Lipinski definition) is 3. The van der Waals surface area contributed by atoms with Gasteiger partial charge in [-0.05, 0) is 43.7 Å². The van der Waals surface area contributed by atoms with E-state index in [1.165, 1.54) is 0 Å². The van der Waals surface area contributed by atoms with Crippen molar-refractivity contribution in [2.24, 2.45) is 5.92 Å². The summed E-state index contributed by atoms with van der Waals surface area (Å²) in [4.78, 5) is 24.8. The Morgan fingerprint density at radius 1 is 1.22 bits per heavy atom. The molecular formula is C18H25NO4. The Labute approximate surface area is 137 Å². The molecule has 1 heterocycles. The summed E-state index contributed by atoms with van der Waals surface area (Å²) < 4.78 is 5.59. The predicted octanol–water partition coefficient (Wildman–Crippen LogP) is 2.95. The molecule has 0 bridgehead atoms. The number of hydrogen-bond donors (Lipinski definition) is 1. The van der Waals surface area contributed by atoms with Gasteiger partial charge in [0.05, 0.1) is 6.61 Å². The number of ether oxygens (including phenoxy) is 1. The molecule has 0 aromatic heterocycles. The van der Waals surface area contributed by atoms with E-state index >= 15 is 0 Å². The van der Waals surface area contributed by atoms with Crippen LogP contribution in [0.15, 0.2) is 30.3 Å². The summed E-state index contributed by atoms with van der Waals surface area (Å²) in [5.74, 6) is 0.546. The number of carboxylic acid groups (broad SMARTS) is 1. The second-order valence-corrected chi connectivity index (χ2v) is 6.05. The Morgan fingerprint density at radius 3 is 2.74 bits per heavy atom. The molecule has 1 unspecified atom stereocenters. The van der Waals surface area contributed by atoms with E-state index in [-0.39, 0.29) is 12.3 Å². The summed E-state index contributed by atoms with van der Waals surface area (Å²) in [5.41, 5.74) is 0. The SMILES string of the molecule is O=C(O)CCC1CCCN(C(=O)CCCOc2ccccc2)C1. The van der Waals surface area contributed by atoms with Crippen LogP contribution < -0.4 is 4.74 Å². The van der Waals surface area contributed by atoms with Crippen molar-refractivity contribution < 1.29 is 19.4 Å². The summed E-state index contributed by atoms with van der Waals surface area (Å²) in [6.45, 7) is 2.03. The first kappa shape index (κ1) is 17.3. The van der Waals surface area contributed by atoms with Crippen LogP contribution in [0.5, 0.6) is 5.75 Å². The van der Waals surface area contributed by atoms with Crippen molar-refractivity contribution in [2.45, 2.75) is 38.5 Å². The molecule has 1 aromatic carbocycles. The second kappa shape index (κ2) is 9.18. The van der Waals surface area contributed by atoms with Crippen LogP contribution in [0, 0.1) is 5.92 Å². The molecular weight excluding hydrogens is 294 g/mol. The number of likely N-dealkylation sites (tertiary alicyclic amines) is 1. The summed E-state index contributed by atoms with van der Waals surface area (Å²) in [6.07, 6.45) is 4.03. The fraction of sp³-hybridized carbons (Fsp3) is 0.556. The van der Waals surface area contributed by atoms with Gasteiger partial charge in [0.15, 0.2) is 0 Å². The highest BCUT2D eigenvalue weighted by atomic mass is 16.5. The molecule has 23 heavy (non-hydrogen) atoms. The average Bonchev–Trinajstić information content (AvgIpc) is 2.58. The van der Waals surface area contributed by atoms with E-state index in [1.54, 1.807) is 0 Å². The van der Waals surface area contributed by atoms with Gasteiger partial charge in [-0.1, -0.05) is 18.2 Å². The second-order valence-electron chi connectivity index (χ2n) is 6.05. The van der Waals surface area contributed by atoms with Gasteiger partial charge >= 0.3 is 5.97 Å². The highest BCUT2D eigenvalue weighted by molar-refractivity contribution is 5.76. The van der Waals surface area contributed by atoms with Crippen molar-refractivity contribution in [3.63, 3.8) is 0 Å². The molecule has 0 spiro atoms. The lowest BCUT2D eigenvalue weighted by Gasteiger charge is -2.32. The molecule has 1 aromatic rings. The van der Waals surface area contributed by atoms with E-state index in [2.05, 4.69) is 0 Å². The number of rotatable bonds is 8. The molecule has 5 nitrogen and oxygen atoms in total. The normalized spacial score (nSPS) is 17.7. The third-order valence-corrected chi connectivity index (χ3v) is 4.19. The maximum atomic E-state index is 12.2. The summed E-state index contributed by atoms with van der Waals surface area (Å²) in [5, 5.41) is 8.76. The fourth-order valence-electron chi connectivity index (χ4n) is 2.94. The van der Waals surface area contributed by atoms with Gasteiger partial charge in [0.2, 0.25) is 5.91 Å². The average molecular weight is 319 g/mol. The highest BCUT2D eigenvalue weighted by Crippen LogP contribution is 2.21. The van der Waals surface area contributed by atoms with E-state index in [4.69, 9.17) is 9.84 Å². The molecule has 1 fully saturated rings. The molecule has 0 aliphatic carbocycles. The zero-order valence-corrected chi connectivity index (χ0v) is 13.4. The molecule has 0 radical (unpaired) electrons. The minimum absolute atomic E-state index is 0.154. The maximum Gasteiger partial charge on any atom is 0.303 e. The lowest BCUT2D eigenvalue weighted by molar-refractivity contribution is -0.137. The van der Waals surface area contributed by atoms with E-state index < -0.39 is 5.97 Å². The minimum atomic E-state index is -0.758. The van der Waals surface area contributed by atoms with Gasteiger partial charge in [0.25, 0.3) is 0 Å². The number of carbonyl (C=O) groups is 2. The van der Waals surface area contributed by atoms with Gasteiger partial charge in [-0.15, -0.1) is 0 Å². The molecule has 1 aliphatic rings. The predicted molar refractivity (Wildman–Crippen MR) is 87.3 cm³/mol. The first-order chi connectivity index (χ1) is 11.1. The molecule has 1 N–H and O–H groups in total. The number of piperidine rings is 1. The number of benzene rings is 1. The topological polar surface area (TPSA) is 66.8 Å². The van der Waals surface area contributed by atoms with Crippen molar-refractivity contribution in [1.82, 2.24) is 4.90 Å². The van der Waals surface area contributed by atoms with E-state index in [9.17, 15) is 9.59 Å². The van der Waals surface area contributed by atoms with Crippen LogP contribution >= 0.6 is 0 Å². The Bertz CT molecular complexity index is 503. The fourth-order valence-corrected chi connectivity index (χ4v) is 2.94. The molecule has 0 saturated carbocycles. The third kappa shape index (κ3) is 6.30. The van der Waals surface area contributed by atoms with Crippen LogP contribution in [0.25, 0.3) is 0 Å². The number of aliphatic carboxylic acids is 1. The Kier molecular flexibility index (Phi) is 6.91. The summed E-state index contributed by atoms with van der Waals surface area (Å²) in [7, 11) is 0. The van der Waals surface area contributed by atoms with Crippen molar-refractivity contribution >= 4 is 11.9 Å². The van der Waals surface area contributed by atoms with Crippen LogP contribution in [-0.4, -0.2) is 41.6 Å². The van der Waals surface area contributed by atoms with E-state index in [1.807, 2.05) is 35.2 Å². The van der Waals surface area contributed by atoms with E-state index in [0.717, 1.165) is 25.1 Å². The van der Waals surface area contributed by atoms with Crippen LogP contribution in [0.3, 0.4) is 0 Å². The molecule has 1 amide bonds. The monoisotopic (exact) mass is 319 g/mol. The van der Waals surface area contributed by atoms with Crippen molar-refractivity contribution in [2.75, 3.05) is 19.7 Å². The maximum absolute atomic E-state index is 12.2. The molecule has 1 atom stereocenters. The van der Waals surface area contributed by atoms with Crippen molar-refractivity contribution in [1.29, 1.82) is 0 Å². The molecule has 1 saturated heterocycles. The van der Waals surface area contributed by atoms with Crippen molar-refractivity contribution in [3.8, 4) is 5.75 Å². The number of nitrogens with zero attached hydrogens (tertiary/aromatic N) is 1. The van der Waals surface area contributed by atoms with Crippen LogP contribution in [0.1, 0.15) is 38.5 Å². The summed E-state index contributed by atoms with van der Waals surface area (Å²) in [6, 6.07) is 9.59. The van der Waals surface area contributed by atoms with Crippen LogP contribution in [-0.2, 0) is 9.59 Å².